The van der Waals surface area contributed by atoms with Gasteiger partial charge in [-0.05, 0) is 69.3 Å². The molecule has 7 heteroatoms. The van der Waals surface area contributed by atoms with Crippen molar-refractivity contribution in [1.82, 2.24) is 10.6 Å². The van der Waals surface area contributed by atoms with Crippen LogP contribution in [0.25, 0.3) is 11.3 Å². The number of hydrogen-bond donors (Lipinski definition) is 3. The number of carbonyl (C=O) groups is 2. The molecule has 5 rings (SSSR count). The number of benzene rings is 2. The van der Waals surface area contributed by atoms with Gasteiger partial charge in [-0.2, -0.15) is 0 Å². The SMILES string of the molecule is CC(=O)c1ccc2c(c1)/C(=C(/NC1CCNCC1)c1ccc3c(c1)OCO3)C(=O)N2. The molecule has 2 aromatic rings. The maximum absolute atomic E-state index is 13.0. The van der Waals surface area contributed by atoms with Gasteiger partial charge in [0.2, 0.25) is 6.79 Å². The van der Waals surface area contributed by atoms with Gasteiger partial charge in [-0.1, -0.05) is 0 Å². The monoisotopic (exact) mass is 405 g/mol. The topological polar surface area (TPSA) is 88.7 Å². The molecule has 0 radical (unpaired) electrons. The average Bonchev–Trinajstić information content (AvgIpc) is 3.35. The Morgan fingerprint density at radius 2 is 1.80 bits per heavy atom. The van der Waals surface area contributed by atoms with Crippen molar-refractivity contribution in [1.29, 1.82) is 0 Å². The van der Waals surface area contributed by atoms with E-state index in [1.54, 1.807) is 18.2 Å². The predicted octanol–water partition coefficient (Wildman–Crippen LogP) is 2.78. The standard InChI is InChI=1S/C23H23N3O4/c1-13(27)14-2-4-18-17(10-14)21(23(28)26-18)22(25-16-6-8-24-9-7-16)15-3-5-19-20(11-15)30-12-29-19/h2-5,10-11,16,24-25H,6-9,12H2,1H3,(H,26,28)/b22-21-. The Morgan fingerprint density at radius 1 is 1.03 bits per heavy atom. The summed E-state index contributed by atoms with van der Waals surface area (Å²) in [6.45, 7) is 3.58. The Bertz CT molecular complexity index is 1070. The van der Waals surface area contributed by atoms with E-state index >= 15 is 0 Å². The number of anilines is 1. The van der Waals surface area contributed by atoms with Crippen LogP contribution in [0.1, 0.15) is 41.3 Å². The molecule has 2 aromatic carbocycles. The average molecular weight is 405 g/mol. The van der Waals surface area contributed by atoms with Crippen LogP contribution in [-0.4, -0.2) is 37.6 Å². The Kier molecular flexibility index (Phi) is 4.67. The number of ether oxygens (including phenoxy) is 2. The van der Waals surface area contributed by atoms with E-state index < -0.39 is 0 Å². The summed E-state index contributed by atoms with van der Waals surface area (Å²) in [5.74, 6) is 1.14. The molecule has 3 aliphatic rings. The molecule has 0 spiro atoms. The van der Waals surface area contributed by atoms with Crippen LogP contribution in [0, 0.1) is 0 Å². The maximum Gasteiger partial charge on any atom is 0.258 e. The molecule has 0 aromatic heterocycles. The number of piperidine rings is 1. The molecule has 0 saturated carbocycles. The summed E-state index contributed by atoms with van der Waals surface area (Å²) in [5.41, 5.74) is 4.17. The number of rotatable bonds is 4. The zero-order chi connectivity index (χ0) is 20.7. The number of Topliss-reactive ketones (excluding diaryl/α,β-unsaturated/α-hetero) is 1. The minimum atomic E-state index is -0.181. The molecule has 3 N–H and O–H groups in total. The fraction of sp³-hybridized carbons (Fsp3) is 0.304. The number of ketones is 1. The minimum Gasteiger partial charge on any atom is -0.454 e. The number of carbonyl (C=O) groups excluding carboxylic acids is 2. The highest BCUT2D eigenvalue weighted by Gasteiger charge is 2.30. The molecule has 3 heterocycles. The molecule has 1 saturated heterocycles. The van der Waals surface area contributed by atoms with Gasteiger partial charge in [0.15, 0.2) is 17.3 Å². The predicted molar refractivity (Wildman–Crippen MR) is 113 cm³/mol. The fourth-order valence-electron chi connectivity index (χ4n) is 4.16. The van der Waals surface area contributed by atoms with E-state index in [0.29, 0.717) is 28.3 Å². The summed E-state index contributed by atoms with van der Waals surface area (Å²) in [6.07, 6.45) is 1.92. The van der Waals surface area contributed by atoms with Crippen LogP contribution < -0.4 is 25.4 Å². The van der Waals surface area contributed by atoms with Crippen molar-refractivity contribution >= 4 is 28.6 Å². The van der Waals surface area contributed by atoms with Gasteiger partial charge in [-0.15, -0.1) is 0 Å². The molecular weight excluding hydrogens is 382 g/mol. The molecule has 30 heavy (non-hydrogen) atoms. The lowest BCUT2D eigenvalue weighted by atomic mass is 9.96. The lowest BCUT2D eigenvalue weighted by molar-refractivity contribution is -0.110. The molecule has 1 fully saturated rings. The third-order valence-corrected chi connectivity index (χ3v) is 5.77. The maximum atomic E-state index is 13.0. The van der Waals surface area contributed by atoms with Crippen molar-refractivity contribution in [2.45, 2.75) is 25.8 Å². The summed E-state index contributed by atoms with van der Waals surface area (Å²) in [5, 5.41) is 9.93. The Morgan fingerprint density at radius 3 is 2.60 bits per heavy atom. The largest absolute Gasteiger partial charge is 0.454 e. The molecule has 154 valence electrons. The van der Waals surface area contributed by atoms with Crippen molar-refractivity contribution in [3.63, 3.8) is 0 Å². The van der Waals surface area contributed by atoms with Crippen LogP contribution in [0.4, 0.5) is 5.69 Å². The highest BCUT2D eigenvalue weighted by atomic mass is 16.7. The van der Waals surface area contributed by atoms with Crippen molar-refractivity contribution in [2.24, 2.45) is 0 Å². The van der Waals surface area contributed by atoms with E-state index in [-0.39, 0.29) is 24.5 Å². The molecule has 0 bridgehead atoms. The summed E-state index contributed by atoms with van der Waals surface area (Å²) in [6, 6.07) is 11.3. The quantitative estimate of drug-likeness (QED) is 0.536. The van der Waals surface area contributed by atoms with Gasteiger partial charge in [-0.25, -0.2) is 0 Å². The zero-order valence-corrected chi connectivity index (χ0v) is 16.7. The van der Waals surface area contributed by atoms with Gasteiger partial charge in [0.05, 0.1) is 11.3 Å². The minimum absolute atomic E-state index is 0.0348. The smallest absolute Gasteiger partial charge is 0.258 e. The van der Waals surface area contributed by atoms with Crippen LogP contribution in [-0.2, 0) is 4.79 Å². The van der Waals surface area contributed by atoms with E-state index in [4.69, 9.17) is 9.47 Å². The van der Waals surface area contributed by atoms with Gasteiger partial charge in [-0.3, -0.25) is 9.59 Å². The van der Waals surface area contributed by atoms with Crippen molar-refractivity contribution in [3.05, 3.63) is 53.1 Å². The number of nitrogens with one attached hydrogen (secondary N) is 3. The van der Waals surface area contributed by atoms with Gasteiger partial charge in [0.25, 0.3) is 5.91 Å². The summed E-state index contributed by atoms with van der Waals surface area (Å²) >= 11 is 0. The first-order valence-corrected chi connectivity index (χ1v) is 10.2. The molecule has 0 atom stereocenters. The Balaban J connectivity index is 1.66. The second-order valence-electron chi connectivity index (χ2n) is 7.76. The first-order chi connectivity index (χ1) is 14.6. The van der Waals surface area contributed by atoms with E-state index in [2.05, 4.69) is 16.0 Å². The second kappa shape index (κ2) is 7.50. The molecule has 7 nitrogen and oxygen atoms in total. The third-order valence-electron chi connectivity index (χ3n) is 5.77. The second-order valence-corrected chi connectivity index (χ2v) is 7.76. The Labute approximate surface area is 174 Å². The molecule has 0 unspecified atom stereocenters. The van der Waals surface area contributed by atoms with Gasteiger partial charge < -0.3 is 25.4 Å². The van der Waals surface area contributed by atoms with Crippen LogP contribution in [0.3, 0.4) is 0 Å². The number of fused-ring (bicyclic) bond motifs is 2. The first-order valence-electron chi connectivity index (χ1n) is 10.2. The van der Waals surface area contributed by atoms with Crippen molar-refractivity contribution in [3.8, 4) is 11.5 Å². The van der Waals surface area contributed by atoms with Crippen LogP contribution in [0.15, 0.2) is 36.4 Å². The molecule has 1 amide bonds. The normalized spacial score (nSPS) is 19.3. The summed E-state index contributed by atoms with van der Waals surface area (Å²) < 4.78 is 11.0. The van der Waals surface area contributed by atoms with E-state index in [9.17, 15) is 9.59 Å². The lowest BCUT2D eigenvalue weighted by Gasteiger charge is -2.27. The van der Waals surface area contributed by atoms with Crippen molar-refractivity contribution < 1.29 is 19.1 Å². The molecule has 3 aliphatic heterocycles. The first kappa shape index (κ1) is 18.7. The van der Waals surface area contributed by atoms with Crippen LogP contribution >= 0.6 is 0 Å². The van der Waals surface area contributed by atoms with E-state index in [0.717, 1.165) is 42.8 Å². The highest BCUT2D eigenvalue weighted by molar-refractivity contribution is 6.36. The summed E-state index contributed by atoms with van der Waals surface area (Å²) in [7, 11) is 0. The van der Waals surface area contributed by atoms with Gasteiger partial charge in [0.1, 0.15) is 0 Å². The Hall–Kier alpha value is -3.32. The number of hydrogen-bond acceptors (Lipinski definition) is 6. The molecular formula is C23H23N3O4. The number of amides is 1. The van der Waals surface area contributed by atoms with E-state index in [1.807, 2.05) is 18.2 Å². The fourth-order valence-corrected chi connectivity index (χ4v) is 4.16. The lowest BCUT2D eigenvalue weighted by Crippen LogP contribution is -2.39. The van der Waals surface area contributed by atoms with Crippen molar-refractivity contribution in [2.75, 3.05) is 25.2 Å². The van der Waals surface area contributed by atoms with Crippen LogP contribution in [0.5, 0.6) is 11.5 Å². The summed E-state index contributed by atoms with van der Waals surface area (Å²) in [4.78, 5) is 25.0. The van der Waals surface area contributed by atoms with Gasteiger partial charge in [0, 0.05) is 28.4 Å². The molecule has 0 aliphatic carbocycles. The zero-order valence-electron chi connectivity index (χ0n) is 16.7. The van der Waals surface area contributed by atoms with E-state index in [1.165, 1.54) is 6.92 Å². The van der Waals surface area contributed by atoms with Gasteiger partial charge >= 0.3 is 0 Å². The highest BCUT2D eigenvalue weighted by Crippen LogP contribution is 2.40. The van der Waals surface area contributed by atoms with Crippen LogP contribution in [0.2, 0.25) is 0 Å². The third kappa shape index (κ3) is 3.31.